The molecule has 4 aromatic carbocycles. The van der Waals surface area contributed by atoms with Crippen LogP contribution in [0.4, 0.5) is 0 Å². The third-order valence-electron chi connectivity index (χ3n) is 10.8. The molecule has 0 aliphatic rings. The topological polar surface area (TPSA) is 26.4 Å². The molecule has 0 aliphatic heterocycles. The van der Waals surface area contributed by atoms with Crippen molar-refractivity contribution in [3.63, 3.8) is 0 Å². The number of fused-ring (bicyclic) bond motifs is 9. The maximum atomic E-state index is 2.50. The van der Waals surface area contributed by atoms with Gasteiger partial charge in [-0.25, -0.2) is 27.4 Å². The summed E-state index contributed by atoms with van der Waals surface area (Å²) in [6.07, 6.45) is 7.04. The zero-order chi connectivity index (χ0) is 37.8. The molecule has 0 amide bonds. The van der Waals surface area contributed by atoms with Gasteiger partial charge in [0.05, 0.1) is 0 Å². The maximum absolute atomic E-state index is 2.50. The van der Waals surface area contributed by atoms with Gasteiger partial charge in [0.25, 0.3) is 0 Å². The first-order chi connectivity index (χ1) is 23.1. The van der Waals surface area contributed by atoms with Gasteiger partial charge in [0.2, 0.25) is 19.0 Å². The van der Waals surface area contributed by atoms with Crippen LogP contribution in [-0.2, 0) is 33.2 Å². The fourth-order valence-electron chi connectivity index (χ4n) is 8.15. The van der Waals surface area contributed by atoms with Crippen molar-refractivity contribution >= 4 is 65.4 Å². The average molecular weight is 688 g/mol. The van der Waals surface area contributed by atoms with Crippen LogP contribution in [0, 0.1) is 0 Å². The van der Waals surface area contributed by atoms with Crippen LogP contribution in [0.5, 0.6) is 0 Å². The first-order valence-corrected chi connectivity index (χ1v) is 18.9. The Labute approximate surface area is 305 Å². The summed E-state index contributed by atoms with van der Waals surface area (Å²) in [6, 6.07) is 15.0. The largest absolute Gasteiger partial charge is 0.245 e. The van der Waals surface area contributed by atoms with Gasteiger partial charge in [-0.3, -0.25) is 0 Å². The van der Waals surface area contributed by atoms with Crippen LogP contribution < -0.4 is 13.7 Å². The summed E-state index contributed by atoms with van der Waals surface area (Å²) in [5.74, 6) is 0. The predicted molar refractivity (Wildman–Crippen MR) is 216 cm³/mol. The van der Waals surface area contributed by atoms with E-state index < -0.39 is 0 Å². The third-order valence-corrected chi connectivity index (χ3v) is 10.8. The lowest BCUT2D eigenvalue weighted by Gasteiger charge is -2.17. The molecule has 0 spiro atoms. The maximum Gasteiger partial charge on any atom is 0.245 e. The van der Waals surface area contributed by atoms with Crippen molar-refractivity contribution in [3.8, 4) is 0 Å². The summed E-state index contributed by atoms with van der Waals surface area (Å²) >= 11 is 0. The van der Waals surface area contributed by atoms with E-state index in [1.807, 2.05) is 0 Å². The van der Waals surface area contributed by atoms with Crippen molar-refractivity contribution in [3.05, 3.63) is 55.4 Å². The first-order valence-electron chi connectivity index (χ1n) is 18.9. The zero-order valence-electron chi connectivity index (χ0n) is 34.9. The molecule has 0 N–H and O–H groups in total. The first kappa shape index (κ1) is 35.5. The van der Waals surface area contributed by atoms with Gasteiger partial charge in [0.15, 0.2) is 33.1 Å². The molecule has 3 aromatic heterocycles. The molecule has 0 saturated carbocycles. The number of rotatable bonds is 0. The summed E-state index contributed by atoms with van der Waals surface area (Å²) in [4.78, 5) is 0. The van der Waals surface area contributed by atoms with Crippen LogP contribution in [0.1, 0.15) is 125 Å². The minimum Gasteiger partial charge on any atom is -0.225 e. The number of hydrogen-bond acceptors (Lipinski definition) is 0. The van der Waals surface area contributed by atoms with E-state index in [9.17, 15) is 0 Å². The summed E-state index contributed by atoms with van der Waals surface area (Å²) < 4.78 is 14.9. The van der Waals surface area contributed by atoms with Crippen molar-refractivity contribution in [2.45, 2.75) is 158 Å². The van der Waals surface area contributed by atoms with Gasteiger partial charge < -0.3 is 0 Å². The van der Waals surface area contributed by atoms with Crippen LogP contribution >= 0.6 is 0 Å². The Kier molecular flexibility index (Phi) is 7.20. The summed E-state index contributed by atoms with van der Waals surface area (Å²) in [5, 5.41) is 7.82. The molecule has 0 atom stereocenters. The quantitative estimate of drug-likeness (QED) is 0.112. The fraction of sp³-hybridized carbons (Fsp3) is 0.533. The highest BCUT2D eigenvalue weighted by molar-refractivity contribution is 6.29. The molecule has 0 aliphatic carbocycles. The smallest absolute Gasteiger partial charge is 0.225 e. The van der Waals surface area contributed by atoms with E-state index in [1.54, 1.807) is 0 Å². The Hall–Kier alpha value is -3.93. The lowest BCUT2D eigenvalue weighted by Crippen LogP contribution is -2.49. The van der Waals surface area contributed by atoms with Crippen molar-refractivity contribution in [1.29, 1.82) is 0 Å². The van der Waals surface area contributed by atoms with E-state index in [2.05, 4.69) is 207 Å². The van der Waals surface area contributed by atoms with Crippen molar-refractivity contribution in [1.82, 2.24) is 13.7 Å². The Morgan fingerprint density at radius 2 is 0.510 bits per heavy atom. The average Bonchev–Trinajstić information content (AvgIpc) is 3.64. The minimum absolute atomic E-state index is 0.0815. The molecule has 6 nitrogen and oxygen atoms in total. The van der Waals surface area contributed by atoms with Crippen molar-refractivity contribution in [2.24, 2.45) is 0 Å². The van der Waals surface area contributed by atoms with Crippen LogP contribution in [0.15, 0.2) is 55.4 Å². The predicted octanol–water partition coefficient (Wildman–Crippen LogP) is 10.4. The van der Waals surface area contributed by atoms with Gasteiger partial charge in [0, 0.05) is 0 Å². The van der Waals surface area contributed by atoms with Crippen molar-refractivity contribution in [2.75, 3.05) is 0 Å². The van der Waals surface area contributed by atoms with E-state index in [1.165, 1.54) is 65.4 Å². The second-order valence-electron chi connectivity index (χ2n) is 21.3. The van der Waals surface area contributed by atoms with Gasteiger partial charge >= 0.3 is 0 Å². The number of benzene rings is 4. The number of aromatic nitrogens is 6. The Morgan fingerprint density at radius 1 is 0.314 bits per heavy atom. The van der Waals surface area contributed by atoms with Crippen LogP contribution in [0.25, 0.3) is 65.4 Å². The standard InChI is InChI=1S/C45H63N6/c1-40(2,3)46-25-47(41(4,5)6)35-20-29-28(19-34(35)46)30-21-36-38(50(44(13,14)15)26-48(36)42(7,8)9)23-32(30)33-24-39-37(22-31(29)33)49(43(10,11)12)27-51(39)45(16,17)18/h19-27H,1-18H3/q+3. The normalized spacial score (nSPS) is 14.5. The van der Waals surface area contributed by atoms with Gasteiger partial charge in [-0.2, -0.15) is 0 Å². The number of nitrogens with zero attached hydrogens (tertiary/aromatic N) is 6. The van der Waals surface area contributed by atoms with E-state index in [-0.39, 0.29) is 33.2 Å². The molecule has 6 heteroatoms. The highest BCUT2D eigenvalue weighted by atomic mass is 15.2. The third kappa shape index (κ3) is 5.46. The summed E-state index contributed by atoms with van der Waals surface area (Å²) in [5.41, 5.74) is 7.13. The molecule has 7 rings (SSSR count). The molecule has 0 fully saturated rings. The minimum atomic E-state index is -0.0815. The highest BCUT2D eigenvalue weighted by Gasteiger charge is 2.35. The molecule has 0 saturated heterocycles. The molecule has 51 heavy (non-hydrogen) atoms. The van der Waals surface area contributed by atoms with E-state index >= 15 is 0 Å². The second-order valence-corrected chi connectivity index (χ2v) is 21.3. The van der Waals surface area contributed by atoms with E-state index in [4.69, 9.17) is 0 Å². The monoisotopic (exact) mass is 688 g/mol. The Bertz CT molecular complexity index is 2070. The number of hydrogen-bond donors (Lipinski definition) is 0. The van der Waals surface area contributed by atoms with Gasteiger partial charge in [0.1, 0.15) is 33.2 Å². The zero-order valence-corrected chi connectivity index (χ0v) is 34.9. The molecule has 0 radical (unpaired) electrons. The number of imidazole rings is 3. The van der Waals surface area contributed by atoms with Gasteiger partial charge in [-0.15, -0.1) is 0 Å². The SMILES string of the molecule is CC(C)(C)n1c[n+](C(C)(C)C)c2cc3c(cc21)c1cc2c(cc1c1cc4c(cc31)n(C(C)(C)C)c[n+]4C(C)(C)C)n(C(C)(C)C)c[n+]2C(C)(C)C. The van der Waals surface area contributed by atoms with Crippen LogP contribution in [-0.4, -0.2) is 13.7 Å². The highest BCUT2D eigenvalue weighted by Crippen LogP contribution is 2.42. The Balaban J connectivity index is 1.81. The molecule has 270 valence electrons. The molecule has 0 bridgehead atoms. The second kappa shape index (κ2) is 10.4. The van der Waals surface area contributed by atoms with Gasteiger partial charge in [-0.05, 0) is 193 Å². The summed E-state index contributed by atoms with van der Waals surface area (Å²) in [7, 11) is 0. The van der Waals surface area contributed by atoms with Crippen LogP contribution in [0.3, 0.4) is 0 Å². The van der Waals surface area contributed by atoms with Gasteiger partial charge in [-0.1, -0.05) is 0 Å². The molecule has 0 unspecified atom stereocenters. The molecular weight excluding hydrogens is 625 g/mol. The fourth-order valence-corrected chi connectivity index (χ4v) is 8.15. The summed E-state index contributed by atoms with van der Waals surface area (Å²) in [6.45, 7) is 41.7. The van der Waals surface area contributed by atoms with Crippen molar-refractivity contribution < 1.29 is 13.7 Å². The Morgan fingerprint density at radius 3 is 0.686 bits per heavy atom. The molecule has 7 aromatic rings. The lowest BCUT2D eigenvalue weighted by atomic mass is 9.92. The lowest BCUT2D eigenvalue weighted by molar-refractivity contribution is -0.731. The van der Waals surface area contributed by atoms with E-state index in [0.29, 0.717) is 0 Å². The molecular formula is C45H63N6+3. The van der Waals surface area contributed by atoms with Crippen LogP contribution in [0.2, 0.25) is 0 Å². The molecule has 3 heterocycles. The van der Waals surface area contributed by atoms with E-state index in [0.717, 1.165) is 0 Å².